The van der Waals surface area contributed by atoms with Gasteiger partial charge in [-0.15, -0.1) is 0 Å². The number of rotatable bonds is 7. The molecule has 2 unspecified atom stereocenters. The summed E-state index contributed by atoms with van der Waals surface area (Å²) >= 11 is 0. The highest BCUT2D eigenvalue weighted by Crippen LogP contribution is 2.56. The molecule has 0 amide bonds. The molecule has 2 aliphatic heterocycles. The van der Waals surface area contributed by atoms with Crippen LogP contribution < -0.4 is 19.9 Å². The maximum Gasteiger partial charge on any atom is 0.167 e. The molecule has 0 bridgehead atoms. The van der Waals surface area contributed by atoms with Crippen LogP contribution in [-0.2, 0) is 12.8 Å². The van der Waals surface area contributed by atoms with E-state index in [1.807, 2.05) is 61.2 Å². The summed E-state index contributed by atoms with van der Waals surface area (Å²) in [5.74, 6) is 1.19. The topological polar surface area (TPSA) is 157 Å². The zero-order valence-electron chi connectivity index (χ0n) is 26.8. The Balaban J connectivity index is 1.83. The van der Waals surface area contributed by atoms with Crippen molar-refractivity contribution in [2.45, 2.75) is 50.9 Å². The maximum atomic E-state index is 11.8. The van der Waals surface area contributed by atoms with Crippen LogP contribution >= 0.6 is 0 Å². The molecule has 0 fully saturated rings. The van der Waals surface area contributed by atoms with Gasteiger partial charge < -0.3 is 40.2 Å². The van der Waals surface area contributed by atoms with Gasteiger partial charge in [0.05, 0.1) is 46.0 Å². The lowest BCUT2D eigenvalue weighted by Gasteiger charge is -2.48. The van der Waals surface area contributed by atoms with Crippen LogP contribution in [0.25, 0.3) is 0 Å². The summed E-state index contributed by atoms with van der Waals surface area (Å²) in [5.41, 5.74) is 10.5. The number of fused-ring (bicyclic) bond motifs is 3. The molecule has 0 saturated carbocycles. The zero-order valence-corrected chi connectivity index (χ0v) is 26.8. The monoisotopic (exact) mass is 615 g/mol. The molecule has 2 aliphatic rings. The highest BCUT2D eigenvalue weighted by Gasteiger charge is 2.50. The van der Waals surface area contributed by atoms with Crippen molar-refractivity contribution in [3.8, 4) is 40.6 Å². The summed E-state index contributed by atoms with van der Waals surface area (Å²) in [6.07, 6.45) is 0.462. The molecule has 11 heteroatoms. The van der Waals surface area contributed by atoms with Crippen molar-refractivity contribution >= 4 is 5.84 Å². The summed E-state index contributed by atoms with van der Waals surface area (Å²) in [5, 5.41) is 45.6. The number of hydrogen-bond acceptors (Lipinski definition) is 10. The first-order valence-corrected chi connectivity index (χ1v) is 14.8. The summed E-state index contributed by atoms with van der Waals surface area (Å²) in [4.78, 5) is 8.81. The third-order valence-electron chi connectivity index (χ3n) is 9.26. The van der Waals surface area contributed by atoms with Crippen LogP contribution in [-0.4, -0.2) is 85.0 Å². The molecule has 0 aromatic heterocycles. The molecule has 2 heterocycles. The Hall–Kier alpha value is -4.66. The fraction of sp³-hybridized carbons (Fsp3) is 0.412. The molecule has 3 aromatic carbocycles. The highest BCUT2D eigenvalue weighted by molar-refractivity contribution is 5.97. The van der Waals surface area contributed by atoms with Gasteiger partial charge in [0.25, 0.3) is 0 Å². The number of hydrogen-bond donors (Lipinski definition) is 4. The lowest BCUT2D eigenvalue weighted by Crippen LogP contribution is -2.54. The number of nitriles is 1. The number of nitrogens with two attached hydrogens (primary N) is 1. The Morgan fingerprint density at radius 2 is 1.51 bits per heavy atom. The number of nitrogens with zero attached hydrogens (tertiary/aromatic N) is 4. The summed E-state index contributed by atoms with van der Waals surface area (Å²) < 4.78 is 17.2. The van der Waals surface area contributed by atoms with Crippen molar-refractivity contribution in [1.82, 2.24) is 9.80 Å². The molecule has 0 radical (unpaired) electrons. The molecular weight excluding hydrogens is 574 g/mol. The molecule has 11 nitrogen and oxygen atoms in total. The second kappa shape index (κ2) is 12.4. The van der Waals surface area contributed by atoms with Crippen LogP contribution in [0.15, 0.2) is 35.3 Å². The van der Waals surface area contributed by atoms with Gasteiger partial charge in [0, 0.05) is 51.4 Å². The van der Waals surface area contributed by atoms with E-state index in [1.54, 1.807) is 14.0 Å². The molecule has 5 N–H and O–H groups in total. The number of amidine groups is 1. The van der Waals surface area contributed by atoms with E-state index in [4.69, 9.17) is 24.9 Å². The van der Waals surface area contributed by atoms with Crippen molar-refractivity contribution in [2.75, 3.05) is 42.0 Å². The Kier molecular flexibility index (Phi) is 8.74. The van der Waals surface area contributed by atoms with E-state index in [0.29, 0.717) is 45.8 Å². The van der Waals surface area contributed by atoms with E-state index >= 15 is 0 Å². The molecule has 3 aromatic rings. The number of likely N-dealkylation sites (N-methyl/N-ethyl adjacent to an activating group) is 1. The molecule has 238 valence electrons. The van der Waals surface area contributed by atoms with Gasteiger partial charge in [-0.3, -0.25) is 9.89 Å². The maximum absolute atomic E-state index is 11.8. The first kappa shape index (κ1) is 31.8. The fourth-order valence-corrected chi connectivity index (χ4v) is 7.36. The highest BCUT2D eigenvalue weighted by atomic mass is 16.5. The van der Waals surface area contributed by atoms with Gasteiger partial charge in [0.2, 0.25) is 0 Å². The van der Waals surface area contributed by atoms with E-state index in [9.17, 15) is 20.6 Å². The quantitative estimate of drug-likeness (QED) is 0.175. The lowest BCUT2D eigenvalue weighted by molar-refractivity contribution is 0.0422. The summed E-state index contributed by atoms with van der Waals surface area (Å²) in [6.45, 7) is 3.60. The predicted molar refractivity (Wildman–Crippen MR) is 171 cm³/mol. The second-order valence-corrected chi connectivity index (χ2v) is 11.8. The standard InChI is InChI=1S/C34H41N5O6/c1-17-28(40)21-13-20(15-35)39-23(27(38(3)4)26(21)30(42)32(17)44-6)14-22-25(29(41)33(45-7)18(2)31(22)43-5)24(39)16-37-34(36)19-11-9-8-10-12-19/h8-12,20,23-24,27,40-42H,13-14,16H2,1-7H3,(H2,36,37)/t20-,23?,24?,27+/m1/s1. The van der Waals surface area contributed by atoms with Gasteiger partial charge in [-0.2, -0.15) is 5.26 Å². The van der Waals surface area contributed by atoms with Crippen molar-refractivity contribution in [3.05, 3.63) is 69.3 Å². The number of methoxy groups -OCH3 is 3. The van der Waals surface area contributed by atoms with E-state index in [-0.39, 0.29) is 41.7 Å². The molecule has 0 aliphatic carbocycles. The van der Waals surface area contributed by atoms with Gasteiger partial charge in [0.15, 0.2) is 23.0 Å². The largest absolute Gasteiger partial charge is 0.507 e. The van der Waals surface area contributed by atoms with E-state index in [1.165, 1.54) is 14.2 Å². The van der Waals surface area contributed by atoms with Gasteiger partial charge in [-0.1, -0.05) is 30.3 Å². The summed E-state index contributed by atoms with van der Waals surface area (Å²) in [6, 6.07) is 9.47. The number of phenols is 3. The van der Waals surface area contributed by atoms with Crippen molar-refractivity contribution < 1.29 is 29.5 Å². The van der Waals surface area contributed by atoms with Crippen LogP contribution in [0.1, 0.15) is 51.0 Å². The normalized spacial score (nSPS) is 21.3. The van der Waals surface area contributed by atoms with Crippen LogP contribution in [0.4, 0.5) is 0 Å². The lowest BCUT2D eigenvalue weighted by atomic mass is 9.80. The second-order valence-electron chi connectivity index (χ2n) is 11.8. The Bertz CT molecular complexity index is 1680. The molecule has 45 heavy (non-hydrogen) atoms. The number of phenolic OH excluding ortho intramolecular Hbond substituents is 3. The minimum absolute atomic E-state index is 0.0232. The SMILES string of the molecule is COc1c(C)c(OC)c2c(c1O)C(CN=C(N)c1ccccc1)N1C(C2)[C@H](N(C)C)c2c(O)c(OC)c(C)c(O)c2C[C@@H]1C#N. The van der Waals surface area contributed by atoms with Crippen LogP contribution in [0, 0.1) is 25.2 Å². The Morgan fingerprint density at radius 1 is 0.911 bits per heavy atom. The number of ether oxygens (including phenoxy) is 3. The number of benzene rings is 3. The first-order chi connectivity index (χ1) is 21.5. The van der Waals surface area contributed by atoms with Crippen molar-refractivity contribution in [3.63, 3.8) is 0 Å². The van der Waals surface area contributed by atoms with Gasteiger partial charge in [-0.05, 0) is 34.4 Å². The van der Waals surface area contributed by atoms with Gasteiger partial charge in [0.1, 0.15) is 23.4 Å². The van der Waals surface area contributed by atoms with E-state index < -0.39 is 24.2 Å². The first-order valence-electron chi connectivity index (χ1n) is 14.8. The third kappa shape index (κ3) is 5.04. The van der Waals surface area contributed by atoms with Crippen molar-refractivity contribution in [2.24, 2.45) is 10.7 Å². The number of aliphatic imine (C=N–C) groups is 1. The molecule has 0 spiro atoms. The molecule has 5 rings (SSSR count). The van der Waals surface area contributed by atoms with Crippen LogP contribution in [0.2, 0.25) is 0 Å². The van der Waals surface area contributed by atoms with E-state index in [0.717, 1.165) is 11.1 Å². The fourth-order valence-electron chi connectivity index (χ4n) is 7.36. The minimum Gasteiger partial charge on any atom is -0.507 e. The third-order valence-corrected chi connectivity index (χ3v) is 9.26. The molecule has 0 saturated heterocycles. The average molecular weight is 616 g/mol. The predicted octanol–water partition coefficient (Wildman–Crippen LogP) is 3.87. The zero-order chi connectivity index (χ0) is 32.7. The van der Waals surface area contributed by atoms with Crippen LogP contribution in [0.5, 0.6) is 34.5 Å². The summed E-state index contributed by atoms with van der Waals surface area (Å²) in [7, 11) is 8.31. The number of aromatic hydroxyl groups is 3. The van der Waals surface area contributed by atoms with Gasteiger partial charge in [-0.25, -0.2) is 0 Å². The van der Waals surface area contributed by atoms with Crippen LogP contribution in [0.3, 0.4) is 0 Å². The average Bonchev–Trinajstić information content (AvgIpc) is 3.18. The van der Waals surface area contributed by atoms with Gasteiger partial charge >= 0.3 is 0 Å². The molecular formula is C34H41N5O6. The van der Waals surface area contributed by atoms with Crippen molar-refractivity contribution in [1.29, 1.82) is 5.26 Å². The Labute approximate surface area is 263 Å². The smallest absolute Gasteiger partial charge is 0.167 e. The minimum atomic E-state index is -0.777. The van der Waals surface area contributed by atoms with E-state index in [2.05, 4.69) is 6.07 Å². The Morgan fingerprint density at radius 3 is 2.09 bits per heavy atom. The molecule has 4 atom stereocenters.